The van der Waals surface area contributed by atoms with Crippen molar-refractivity contribution in [1.82, 2.24) is 0 Å². The Labute approximate surface area is 264 Å². The first-order valence-electron chi connectivity index (χ1n) is 17.9. The molecule has 0 saturated carbocycles. The minimum absolute atomic E-state index is 0.209. The van der Waals surface area contributed by atoms with E-state index in [2.05, 4.69) is 19.1 Å². The quantitative estimate of drug-likeness (QED) is 0.0463. The molecular weight excluding hydrogens is 542 g/mol. The first-order chi connectivity index (χ1) is 20.7. The Morgan fingerprint density at radius 1 is 0.581 bits per heavy atom. The molecule has 0 heterocycles. The van der Waals surface area contributed by atoms with Gasteiger partial charge in [-0.3, -0.25) is 4.48 Å². The molecule has 0 saturated heterocycles. The monoisotopic (exact) mass is 609 g/mol. The zero-order valence-electron chi connectivity index (χ0n) is 28.3. The number of quaternary nitrogens is 1. The molecule has 0 amide bonds. The molecule has 43 heavy (non-hydrogen) atoms. The van der Waals surface area contributed by atoms with Crippen molar-refractivity contribution in [2.75, 3.05) is 6.54 Å². The standard InChI is InChI=1S/C36H67NO6/c1-5-9-10-11-12-13-14-15-16-17-18-19-20-21-22-23-24-25-26-30-37(31(27-6-2)34(38)39,32(28-7-3)35(40)41)33(29-8-4)36(42)43/h5,9,31-33H,6-8,10-30H2,1-4H3,(H2-,38,39,40,41,42,43)/b9-5+. The Hall–Kier alpha value is -1.89. The second-order valence-corrected chi connectivity index (χ2v) is 12.6. The molecule has 0 aliphatic carbocycles. The van der Waals surface area contributed by atoms with Crippen LogP contribution in [0, 0.1) is 0 Å². The molecule has 7 nitrogen and oxygen atoms in total. The number of carbonyl (C=O) groups excluding carboxylic acids is 1. The van der Waals surface area contributed by atoms with Gasteiger partial charge >= 0.3 is 11.9 Å². The molecule has 3 unspecified atom stereocenters. The van der Waals surface area contributed by atoms with E-state index in [1.54, 1.807) is 0 Å². The molecule has 0 aromatic carbocycles. The van der Waals surface area contributed by atoms with E-state index in [0.29, 0.717) is 25.7 Å². The van der Waals surface area contributed by atoms with Crippen LogP contribution in [0.4, 0.5) is 0 Å². The number of allylic oxidation sites excluding steroid dienone is 2. The maximum Gasteiger partial charge on any atom is 0.362 e. The van der Waals surface area contributed by atoms with Gasteiger partial charge in [0.25, 0.3) is 0 Å². The summed E-state index contributed by atoms with van der Waals surface area (Å²) >= 11 is 0. The molecule has 0 rings (SSSR count). The van der Waals surface area contributed by atoms with E-state index in [1.807, 2.05) is 20.8 Å². The minimum Gasteiger partial charge on any atom is -0.544 e. The molecule has 252 valence electrons. The Morgan fingerprint density at radius 2 is 0.907 bits per heavy atom. The molecule has 0 aromatic heterocycles. The summed E-state index contributed by atoms with van der Waals surface area (Å²) in [5.74, 6) is -3.55. The van der Waals surface area contributed by atoms with Gasteiger partial charge in [0.05, 0.1) is 12.5 Å². The molecular formula is C36H67NO6. The van der Waals surface area contributed by atoms with E-state index < -0.39 is 40.5 Å². The van der Waals surface area contributed by atoms with Gasteiger partial charge < -0.3 is 20.1 Å². The first-order valence-corrected chi connectivity index (χ1v) is 17.9. The van der Waals surface area contributed by atoms with E-state index in [-0.39, 0.29) is 25.8 Å². The maximum absolute atomic E-state index is 12.6. The van der Waals surface area contributed by atoms with Gasteiger partial charge in [0.2, 0.25) is 0 Å². The summed E-state index contributed by atoms with van der Waals surface area (Å²) in [6.45, 7) is 7.91. The summed E-state index contributed by atoms with van der Waals surface area (Å²) in [4.78, 5) is 37.6. The van der Waals surface area contributed by atoms with Crippen LogP contribution in [-0.4, -0.2) is 57.3 Å². The lowest BCUT2D eigenvalue weighted by Crippen LogP contribution is -2.74. The SMILES string of the molecule is C/C=C/CCCCCCCCCCCCCCCCCC[N+](C(CCC)C(=O)[O-])(C(CCC)C(=O)O)C(CCC)C(=O)O. The van der Waals surface area contributed by atoms with Crippen molar-refractivity contribution in [3.05, 3.63) is 12.2 Å². The summed E-state index contributed by atoms with van der Waals surface area (Å²) in [5.41, 5.74) is 0. The summed E-state index contributed by atoms with van der Waals surface area (Å²) in [6.07, 6.45) is 27.2. The zero-order valence-corrected chi connectivity index (χ0v) is 28.3. The van der Waals surface area contributed by atoms with Crippen LogP contribution in [0.15, 0.2) is 12.2 Å². The Morgan fingerprint density at radius 3 is 1.21 bits per heavy atom. The number of rotatable bonds is 31. The van der Waals surface area contributed by atoms with Crippen molar-refractivity contribution in [2.24, 2.45) is 0 Å². The van der Waals surface area contributed by atoms with Gasteiger partial charge in [0.1, 0.15) is 6.04 Å². The third kappa shape index (κ3) is 16.7. The molecule has 0 aromatic rings. The number of carboxylic acids is 3. The van der Waals surface area contributed by atoms with Gasteiger partial charge in [-0.25, -0.2) is 9.59 Å². The van der Waals surface area contributed by atoms with Crippen LogP contribution in [0.5, 0.6) is 0 Å². The molecule has 0 fully saturated rings. The van der Waals surface area contributed by atoms with Crippen LogP contribution in [0.1, 0.15) is 175 Å². The van der Waals surface area contributed by atoms with Crippen molar-refractivity contribution in [3.63, 3.8) is 0 Å². The second-order valence-electron chi connectivity index (χ2n) is 12.6. The number of nitrogens with zero attached hydrogens (tertiary/aromatic N) is 1. The molecule has 0 aliphatic rings. The fourth-order valence-corrected chi connectivity index (χ4v) is 6.92. The lowest BCUT2D eigenvalue weighted by Gasteiger charge is -2.52. The number of carbonyl (C=O) groups is 3. The highest BCUT2D eigenvalue weighted by molar-refractivity contribution is 5.77. The summed E-state index contributed by atoms with van der Waals surface area (Å²) < 4.78 is -0.431. The topological polar surface area (TPSA) is 115 Å². The highest BCUT2D eigenvalue weighted by atomic mass is 16.4. The second kappa shape index (κ2) is 26.5. The smallest absolute Gasteiger partial charge is 0.362 e. The van der Waals surface area contributed by atoms with Crippen molar-refractivity contribution < 1.29 is 34.2 Å². The molecule has 0 radical (unpaired) electrons. The van der Waals surface area contributed by atoms with Crippen molar-refractivity contribution in [1.29, 1.82) is 0 Å². The molecule has 7 heteroatoms. The van der Waals surface area contributed by atoms with Crippen molar-refractivity contribution in [2.45, 2.75) is 193 Å². The van der Waals surface area contributed by atoms with Crippen LogP contribution in [-0.2, 0) is 14.4 Å². The number of unbranched alkanes of at least 4 members (excludes halogenated alkanes) is 16. The molecule has 3 atom stereocenters. The Bertz CT molecular complexity index is 692. The zero-order chi connectivity index (χ0) is 32.3. The third-order valence-electron chi connectivity index (χ3n) is 9.17. The van der Waals surface area contributed by atoms with Crippen LogP contribution >= 0.6 is 0 Å². The van der Waals surface area contributed by atoms with Gasteiger partial charge in [0.15, 0.2) is 12.1 Å². The Kier molecular flexibility index (Phi) is 25.3. The number of carboxylic acid groups (broad SMARTS) is 3. The highest BCUT2D eigenvalue weighted by Crippen LogP contribution is 2.34. The summed E-state index contributed by atoms with van der Waals surface area (Å²) in [7, 11) is 0. The van der Waals surface area contributed by atoms with Gasteiger partial charge in [-0.05, 0) is 45.4 Å². The predicted octanol–water partition coefficient (Wildman–Crippen LogP) is 8.44. The first kappa shape index (κ1) is 41.1. The van der Waals surface area contributed by atoms with Gasteiger partial charge in [0, 0.05) is 19.3 Å². The van der Waals surface area contributed by atoms with Crippen LogP contribution in [0.2, 0.25) is 0 Å². The largest absolute Gasteiger partial charge is 0.544 e. The van der Waals surface area contributed by atoms with Crippen molar-refractivity contribution >= 4 is 17.9 Å². The summed E-state index contributed by atoms with van der Waals surface area (Å²) in [5, 5.41) is 33.0. The number of aliphatic carboxylic acids is 3. The average Bonchev–Trinajstić information content (AvgIpc) is 2.97. The fourth-order valence-electron chi connectivity index (χ4n) is 6.92. The Balaban J connectivity index is 4.78. The molecule has 2 N–H and O–H groups in total. The maximum atomic E-state index is 12.6. The summed E-state index contributed by atoms with van der Waals surface area (Å²) in [6, 6.07) is -3.32. The van der Waals surface area contributed by atoms with Gasteiger partial charge in [-0.15, -0.1) is 0 Å². The van der Waals surface area contributed by atoms with E-state index in [9.17, 15) is 29.7 Å². The van der Waals surface area contributed by atoms with Crippen LogP contribution in [0.25, 0.3) is 0 Å². The van der Waals surface area contributed by atoms with E-state index in [1.165, 1.54) is 83.5 Å². The molecule has 0 aliphatic heterocycles. The van der Waals surface area contributed by atoms with Gasteiger partial charge in [-0.2, -0.15) is 0 Å². The average molecular weight is 610 g/mol. The lowest BCUT2D eigenvalue weighted by molar-refractivity contribution is -0.975. The minimum atomic E-state index is -1.33. The third-order valence-corrected chi connectivity index (χ3v) is 9.17. The highest BCUT2D eigenvalue weighted by Gasteiger charge is 2.54. The van der Waals surface area contributed by atoms with Crippen LogP contribution in [0.3, 0.4) is 0 Å². The van der Waals surface area contributed by atoms with E-state index >= 15 is 0 Å². The lowest BCUT2D eigenvalue weighted by atomic mass is 9.91. The van der Waals surface area contributed by atoms with Crippen molar-refractivity contribution in [3.8, 4) is 0 Å². The number of hydrogen-bond acceptors (Lipinski definition) is 4. The predicted molar refractivity (Wildman–Crippen MR) is 175 cm³/mol. The van der Waals surface area contributed by atoms with E-state index in [4.69, 9.17) is 0 Å². The fraction of sp³-hybridized carbons (Fsp3) is 0.861. The van der Waals surface area contributed by atoms with Crippen LogP contribution < -0.4 is 5.11 Å². The molecule has 0 spiro atoms. The molecule has 0 bridgehead atoms. The normalized spacial score (nSPS) is 15.3. The van der Waals surface area contributed by atoms with Gasteiger partial charge in [-0.1, -0.05) is 123 Å². The van der Waals surface area contributed by atoms with E-state index in [0.717, 1.165) is 19.3 Å². The number of hydrogen-bond donors (Lipinski definition) is 2.